The first kappa shape index (κ1) is 32.9. The molecule has 10 nitrogen and oxygen atoms in total. The summed E-state index contributed by atoms with van der Waals surface area (Å²) in [5.41, 5.74) is 0. The third kappa shape index (κ3) is 33.8. The van der Waals surface area contributed by atoms with Crippen LogP contribution >= 0.6 is 0 Å². The lowest BCUT2D eigenvalue weighted by molar-refractivity contribution is -0.142. The standard InChI is InChI=1S/C8H16O2.C6H14O4.C6H10O4/c1-3-5-6-7(4-2)8(9)10;7-1-3-9-5-6-10-4-2-8;7-5(8)3-1-2-4-6(9)10/h7H,3-6H2,1-2H3,(H,9,10);7-8H,1-6H2;1-4H2,(H,7,8)(H,9,10). The molecule has 1 atom stereocenters. The van der Waals surface area contributed by atoms with Crippen LogP contribution in [0.3, 0.4) is 0 Å². The highest BCUT2D eigenvalue weighted by Crippen LogP contribution is 2.11. The molecule has 1 unspecified atom stereocenters. The zero-order valence-electron chi connectivity index (χ0n) is 18.3. The van der Waals surface area contributed by atoms with Gasteiger partial charge in [-0.1, -0.05) is 26.7 Å². The van der Waals surface area contributed by atoms with E-state index >= 15 is 0 Å². The summed E-state index contributed by atoms with van der Waals surface area (Å²) in [6.45, 7) is 5.73. The Kier molecular flexibility index (Phi) is 29.9. The molecule has 10 heteroatoms. The van der Waals surface area contributed by atoms with E-state index in [1.807, 2.05) is 6.92 Å². The van der Waals surface area contributed by atoms with Crippen LogP contribution in [0.25, 0.3) is 0 Å². The Morgan fingerprint density at radius 3 is 1.43 bits per heavy atom. The first-order valence-electron chi connectivity index (χ1n) is 10.3. The fourth-order valence-electron chi connectivity index (χ4n) is 1.96. The van der Waals surface area contributed by atoms with Crippen LogP contribution in [0.4, 0.5) is 0 Å². The Hall–Kier alpha value is -1.75. The molecule has 0 spiro atoms. The molecule has 0 rings (SSSR count). The van der Waals surface area contributed by atoms with Crippen molar-refractivity contribution in [3.8, 4) is 0 Å². The molecule has 30 heavy (non-hydrogen) atoms. The summed E-state index contributed by atoms with van der Waals surface area (Å²) in [5, 5.41) is 41.4. The molecule has 0 aromatic carbocycles. The van der Waals surface area contributed by atoms with Crippen LogP contribution in [0.15, 0.2) is 0 Å². The number of hydrogen-bond acceptors (Lipinski definition) is 7. The molecular weight excluding hydrogens is 400 g/mol. The topological polar surface area (TPSA) is 171 Å². The average Bonchev–Trinajstić information content (AvgIpc) is 2.69. The molecule has 5 N–H and O–H groups in total. The summed E-state index contributed by atoms with van der Waals surface area (Å²) >= 11 is 0. The molecule has 0 aliphatic carbocycles. The number of rotatable bonds is 17. The molecule has 0 aliphatic rings. The van der Waals surface area contributed by atoms with Crippen molar-refractivity contribution in [2.45, 2.75) is 65.2 Å². The second-order valence-corrected chi connectivity index (χ2v) is 6.25. The average molecular weight is 441 g/mol. The van der Waals surface area contributed by atoms with Crippen LogP contribution in [-0.4, -0.2) is 83.1 Å². The predicted octanol–water partition coefficient (Wildman–Crippen LogP) is 2.01. The quantitative estimate of drug-likeness (QED) is 0.211. The van der Waals surface area contributed by atoms with Crippen LogP contribution in [0.2, 0.25) is 0 Å². The van der Waals surface area contributed by atoms with Gasteiger partial charge in [0.1, 0.15) is 0 Å². The van der Waals surface area contributed by atoms with E-state index < -0.39 is 17.9 Å². The fraction of sp³-hybridized carbons (Fsp3) is 0.850. The summed E-state index contributed by atoms with van der Waals surface area (Å²) in [4.78, 5) is 30.2. The number of carboxylic acids is 3. The Morgan fingerprint density at radius 2 is 1.17 bits per heavy atom. The smallest absolute Gasteiger partial charge is 0.306 e. The minimum Gasteiger partial charge on any atom is -0.481 e. The number of aliphatic hydroxyl groups is 2. The normalized spacial score (nSPS) is 10.8. The van der Waals surface area contributed by atoms with Crippen molar-refractivity contribution in [1.82, 2.24) is 0 Å². The van der Waals surface area contributed by atoms with E-state index in [2.05, 4.69) is 6.92 Å². The lowest BCUT2D eigenvalue weighted by Crippen LogP contribution is -2.11. The molecular formula is C20H40O10. The summed E-state index contributed by atoms with van der Waals surface area (Å²) in [5.74, 6) is -2.49. The van der Waals surface area contributed by atoms with Gasteiger partial charge in [0.2, 0.25) is 0 Å². The van der Waals surface area contributed by atoms with Gasteiger partial charge in [-0.2, -0.15) is 0 Å². The highest BCUT2D eigenvalue weighted by Gasteiger charge is 2.12. The Labute approximate surface area is 178 Å². The number of unbranched alkanes of at least 4 members (excludes halogenated alkanes) is 2. The van der Waals surface area contributed by atoms with E-state index in [9.17, 15) is 14.4 Å². The molecule has 180 valence electrons. The molecule has 0 aromatic heterocycles. The number of ether oxygens (including phenoxy) is 2. The van der Waals surface area contributed by atoms with Gasteiger partial charge in [0, 0.05) is 12.8 Å². The summed E-state index contributed by atoms with van der Waals surface area (Å²) in [6, 6.07) is 0. The van der Waals surface area contributed by atoms with Crippen LogP contribution in [-0.2, 0) is 23.9 Å². The second kappa shape index (κ2) is 27.2. The van der Waals surface area contributed by atoms with E-state index in [4.69, 9.17) is 35.0 Å². The lowest BCUT2D eigenvalue weighted by Gasteiger charge is -2.06. The van der Waals surface area contributed by atoms with Crippen molar-refractivity contribution < 1.29 is 49.4 Å². The Bertz CT molecular complexity index is 377. The molecule has 0 aliphatic heterocycles. The second-order valence-electron chi connectivity index (χ2n) is 6.25. The van der Waals surface area contributed by atoms with Crippen LogP contribution in [0.1, 0.15) is 65.2 Å². The maximum absolute atomic E-state index is 10.4. The molecule has 0 fully saturated rings. The van der Waals surface area contributed by atoms with E-state index in [0.29, 0.717) is 39.3 Å². The van der Waals surface area contributed by atoms with Gasteiger partial charge in [0.15, 0.2) is 0 Å². The number of aliphatic hydroxyl groups excluding tert-OH is 2. The Balaban J connectivity index is -0.000000364. The number of hydrogen-bond donors (Lipinski definition) is 5. The predicted molar refractivity (Wildman–Crippen MR) is 110 cm³/mol. The number of aliphatic carboxylic acids is 3. The van der Waals surface area contributed by atoms with Crippen molar-refractivity contribution in [3.05, 3.63) is 0 Å². The number of carboxylic acid groups (broad SMARTS) is 3. The molecule has 0 saturated heterocycles. The van der Waals surface area contributed by atoms with E-state index in [1.165, 1.54) is 0 Å². The highest BCUT2D eigenvalue weighted by atomic mass is 16.5. The third-order valence-electron chi connectivity index (χ3n) is 3.62. The van der Waals surface area contributed by atoms with Crippen molar-refractivity contribution in [1.29, 1.82) is 0 Å². The largest absolute Gasteiger partial charge is 0.481 e. The summed E-state index contributed by atoms with van der Waals surface area (Å²) in [7, 11) is 0. The molecule has 0 saturated carbocycles. The molecule has 0 bridgehead atoms. The molecule has 0 radical (unpaired) electrons. The van der Waals surface area contributed by atoms with Crippen molar-refractivity contribution in [2.75, 3.05) is 39.6 Å². The van der Waals surface area contributed by atoms with Gasteiger partial charge in [0.05, 0.1) is 45.6 Å². The molecule has 0 amide bonds. The van der Waals surface area contributed by atoms with E-state index in [1.54, 1.807) is 0 Å². The van der Waals surface area contributed by atoms with Crippen LogP contribution in [0.5, 0.6) is 0 Å². The van der Waals surface area contributed by atoms with Gasteiger partial charge < -0.3 is 35.0 Å². The minimum absolute atomic E-state index is 0.0417. The van der Waals surface area contributed by atoms with Crippen molar-refractivity contribution in [2.24, 2.45) is 5.92 Å². The molecule has 0 heterocycles. The highest BCUT2D eigenvalue weighted by molar-refractivity contribution is 5.69. The van der Waals surface area contributed by atoms with Gasteiger partial charge in [-0.05, 0) is 25.7 Å². The zero-order valence-corrected chi connectivity index (χ0v) is 18.3. The first-order valence-corrected chi connectivity index (χ1v) is 10.3. The van der Waals surface area contributed by atoms with Gasteiger partial charge in [-0.15, -0.1) is 0 Å². The molecule has 0 aromatic rings. The lowest BCUT2D eigenvalue weighted by atomic mass is 10.00. The van der Waals surface area contributed by atoms with Crippen molar-refractivity contribution >= 4 is 17.9 Å². The zero-order chi connectivity index (χ0) is 23.6. The van der Waals surface area contributed by atoms with E-state index in [0.717, 1.165) is 25.7 Å². The van der Waals surface area contributed by atoms with E-state index in [-0.39, 0.29) is 32.0 Å². The summed E-state index contributed by atoms with van der Waals surface area (Å²) < 4.78 is 9.75. The summed E-state index contributed by atoms with van der Waals surface area (Å²) in [6.07, 6.45) is 4.73. The van der Waals surface area contributed by atoms with Crippen LogP contribution in [0, 0.1) is 5.92 Å². The third-order valence-corrected chi connectivity index (χ3v) is 3.62. The Morgan fingerprint density at radius 1 is 0.733 bits per heavy atom. The monoisotopic (exact) mass is 440 g/mol. The van der Waals surface area contributed by atoms with Gasteiger partial charge in [-0.25, -0.2) is 0 Å². The minimum atomic E-state index is -0.870. The van der Waals surface area contributed by atoms with Crippen LogP contribution < -0.4 is 0 Å². The fourth-order valence-corrected chi connectivity index (χ4v) is 1.96. The van der Waals surface area contributed by atoms with Gasteiger partial charge >= 0.3 is 17.9 Å². The number of carbonyl (C=O) groups is 3. The van der Waals surface area contributed by atoms with Crippen molar-refractivity contribution in [3.63, 3.8) is 0 Å². The maximum Gasteiger partial charge on any atom is 0.306 e. The van der Waals surface area contributed by atoms with Gasteiger partial charge in [-0.3, -0.25) is 14.4 Å². The SMILES string of the molecule is CCCCC(CC)C(=O)O.O=C(O)CCCCC(=O)O.OCCOCCOCCO. The van der Waals surface area contributed by atoms with Gasteiger partial charge in [0.25, 0.3) is 0 Å². The first-order chi connectivity index (χ1) is 14.3. The maximum atomic E-state index is 10.4.